The van der Waals surface area contributed by atoms with Crippen molar-refractivity contribution in [3.63, 3.8) is 0 Å². The van der Waals surface area contributed by atoms with Gasteiger partial charge in [0.15, 0.2) is 23.3 Å². The second-order valence-corrected chi connectivity index (χ2v) is 11.0. The summed E-state index contributed by atoms with van der Waals surface area (Å²) in [5.41, 5.74) is 6.41. The van der Waals surface area contributed by atoms with Crippen LogP contribution in [0, 0.1) is 0 Å². The van der Waals surface area contributed by atoms with Crippen LogP contribution in [0.4, 0.5) is 0 Å². The van der Waals surface area contributed by atoms with E-state index in [4.69, 9.17) is 29.9 Å². The van der Waals surface area contributed by atoms with E-state index < -0.39 is 0 Å². The molecule has 44 heavy (non-hydrogen) atoms. The number of hydrogen-bond acceptors (Lipinski definition) is 6. The van der Waals surface area contributed by atoms with Gasteiger partial charge in [0.25, 0.3) is 0 Å². The Labute approximate surface area is 249 Å². The molecular weight excluding hydrogens is 544 g/mol. The third-order valence-electron chi connectivity index (χ3n) is 8.42. The van der Waals surface area contributed by atoms with Gasteiger partial charge in [0.2, 0.25) is 0 Å². The summed E-state index contributed by atoms with van der Waals surface area (Å²) in [6.45, 7) is 0. The Morgan fingerprint density at radius 1 is 0.318 bits per heavy atom. The van der Waals surface area contributed by atoms with Crippen molar-refractivity contribution in [3.05, 3.63) is 109 Å². The minimum absolute atomic E-state index is 0.592. The van der Waals surface area contributed by atoms with E-state index in [0.29, 0.717) is 45.9 Å². The lowest BCUT2D eigenvalue weighted by Gasteiger charge is -1.98. The number of nitrogens with one attached hydrogen (secondary N) is 2. The van der Waals surface area contributed by atoms with E-state index in [1.165, 1.54) is 0 Å². The van der Waals surface area contributed by atoms with Crippen molar-refractivity contribution >= 4 is 54.9 Å². The molecule has 0 amide bonds. The molecule has 0 spiro atoms. The molecule has 8 bridgehead atoms. The molecule has 0 radical (unpaired) electrons. The first kappa shape index (κ1) is 23.3. The fourth-order valence-corrected chi connectivity index (χ4v) is 6.33. The highest BCUT2D eigenvalue weighted by Gasteiger charge is 2.21. The van der Waals surface area contributed by atoms with E-state index in [1.54, 1.807) is 0 Å². The molecule has 10 rings (SSSR count). The van der Waals surface area contributed by atoms with Gasteiger partial charge in [-0.3, -0.25) is 0 Å². The molecule has 3 aromatic heterocycles. The molecule has 2 N–H and O–H groups in total. The number of aromatic nitrogens is 8. The number of aromatic amines is 2. The molecule has 0 fully saturated rings. The van der Waals surface area contributed by atoms with Crippen LogP contribution in [0.3, 0.4) is 0 Å². The van der Waals surface area contributed by atoms with Crippen LogP contribution < -0.4 is 0 Å². The molecule has 8 heteroatoms. The van der Waals surface area contributed by atoms with Gasteiger partial charge >= 0.3 is 0 Å². The molecule has 204 valence electrons. The molecule has 0 aliphatic carbocycles. The van der Waals surface area contributed by atoms with E-state index in [-0.39, 0.29) is 0 Å². The monoisotopic (exact) mass is 564 g/mol. The lowest BCUT2D eigenvalue weighted by molar-refractivity contribution is 1.19. The Morgan fingerprint density at radius 2 is 0.636 bits per heavy atom. The fraction of sp³-hybridized carbons (Fsp3) is 0. The molecule has 0 atom stereocenters. The summed E-state index contributed by atoms with van der Waals surface area (Å²) >= 11 is 0. The normalized spacial score (nSPS) is 12.1. The maximum absolute atomic E-state index is 5.12. The van der Waals surface area contributed by atoms with Gasteiger partial charge < -0.3 is 9.97 Å². The molecule has 2 aliphatic heterocycles. The SMILES string of the molecule is c1ccc2c(c1)-c1nc-2nc2[nH]c(nc3nc(nc4[nH]c(n1)c1ccccc41)-c1ccccc1-3)c1cc3ccccc3cc21. The third-order valence-corrected chi connectivity index (χ3v) is 8.42. The van der Waals surface area contributed by atoms with Crippen molar-refractivity contribution in [3.8, 4) is 45.6 Å². The van der Waals surface area contributed by atoms with Gasteiger partial charge in [0.1, 0.15) is 22.6 Å². The molecule has 5 heterocycles. The predicted octanol–water partition coefficient (Wildman–Crippen LogP) is 8.02. The van der Waals surface area contributed by atoms with Crippen molar-refractivity contribution in [1.29, 1.82) is 0 Å². The zero-order chi connectivity index (χ0) is 28.8. The topological polar surface area (TPSA) is 109 Å². The summed E-state index contributed by atoms with van der Waals surface area (Å²) in [5.74, 6) is 2.37. The zero-order valence-corrected chi connectivity index (χ0v) is 23.1. The van der Waals surface area contributed by atoms with Crippen LogP contribution in [0.15, 0.2) is 109 Å². The minimum atomic E-state index is 0.592. The first-order chi connectivity index (χ1) is 21.8. The van der Waals surface area contributed by atoms with Gasteiger partial charge in [-0.05, 0) is 22.9 Å². The van der Waals surface area contributed by atoms with Gasteiger partial charge in [-0.1, -0.05) is 97.1 Å². The van der Waals surface area contributed by atoms with E-state index in [9.17, 15) is 0 Å². The highest BCUT2D eigenvalue weighted by molar-refractivity contribution is 6.11. The van der Waals surface area contributed by atoms with Gasteiger partial charge in [-0.25, -0.2) is 29.9 Å². The van der Waals surface area contributed by atoms with E-state index in [0.717, 1.165) is 54.6 Å². The molecule has 0 saturated heterocycles. The Morgan fingerprint density at radius 3 is 1.02 bits per heavy atom. The Balaban J connectivity index is 1.43. The highest BCUT2D eigenvalue weighted by atomic mass is 15.1. The van der Waals surface area contributed by atoms with Crippen molar-refractivity contribution in [2.45, 2.75) is 0 Å². The smallest absolute Gasteiger partial charge is 0.164 e. The van der Waals surface area contributed by atoms with Crippen molar-refractivity contribution in [2.75, 3.05) is 0 Å². The maximum Gasteiger partial charge on any atom is 0.164 e. The molecule has 0 saturated carbocycles. The second-order valence-electron chi connectivity index (χ2n) is 11.0. The number of rotatable bonds is 0. The number of benzene rings is 5. The minimum Gasteiger partial charge on any atom is -0.324 e. The van der Waals surface area contributed by atoms with Crippen LogP contribution in [0.5, 0.6) is 0 Å². The standard InChI is InChI=1S/C36H20N8/c1-2-10-20-18-28-27(17-19(20)9-1)35-42-33-25-15-7-5-13-23(25)31(40-33)38-29-21-11-3-4-12-22(21)30(37-29)39-32-24-14-6-8-16-26(24)34(41-32)43-36(28)44-35/h1-18H,(H2,37,38,39,40,41,42,43,44). The van der Waals surface area contributed by atoms with Gasteiger partial charge in [0, 0.05) is 43.8 Å². The molecular formula is C36H20N8. The van der Waals surface area contributed by atoms with Crippen molar-refractivity contribution in [2.24, 2.45) is 0 Å². The molecule has 5 aromatic carbocycles. The van der Waals surface area contributed by atoms with Crippen LogP contribution in [-0.2, 0) is 0 Å². The lowest BCUT2D eigenvalue weighted by Crippen LogP contribution is -1.82. The summed E-state index contributed by atoms with van der Waals surface area (Å²) in [4.78, 5) is 37.3. The first-order valence-corrected chi connectivity index (χ1v) is 14.4. The van der Waals surface area contributed by atoms with Crippen molar-refractivity contribution in [1.82, 2.24) is 39.9 Å². The summed E-state index contributed by atoms with van der Waals surface area (Å²) < 4.78 is 0. The first-order valence-electron chi connectivity index (χ1n) is 14.4. The zero-order valence-electron chi connectivity index (χ0n) is 23.1. The Hall–Kier alpha value is -6.28. The summed E-state index contributed by atoms with van der Waals surface area (Å²) in [7, 11) is 0. The van der Waals surface area contributed by atoms with Gasteiger partial charge in [0.05, 0.1) is 0 Å². The number of H-pyrrole nitrogens is 2. The van der Waals surface area contributed by atoms with E-state index in [2.05, 4.69) is 34.2 Å². The predicted molar refractivity (Wildman–Crippen MR) is 174 cm³/mol. The van der Waals surface area contributed by atoms with Crippen LogP contribution in [0.2, 0.25) is 0 Å². The Kier molecular flexibility index (Phi) is 4.57. The van der Waals surface area contributed by atoms with Crippen LogP contribution in [0.1, 0.15) is 0 Å². The summed E-state index contributed by atoms with van der Waals surface area (Å²) in [6.07, 6.45) is 0. The van der Waals surface area contributed by atoms with E-state index >= 15 is 0 Å². The van der Waals surface area contributed by atoms with Gasteiger partial charge in [-0.15, -0.1) is 0 Å². The quantitative estimate of drug-likeness (QED) is 0.193. The van der Waals surface area contributed by atoms with E-state index in [1.807, 2.05) is 84.9 Å². The van der Waals surface area contributed by atoms with Crippen LogP contribution in [0.25, 0.3) is 100 Å². The number of nitrogens with zero attached hydrogens (tertiary/aromatic N) is 6. The second kappa shape index (κ2) is 8.62. The highest BCUT2D eigenvalue weighted by Crippen LogP contribution is 2.37. The number of hydrogen-bond donors (Lipinski definition) is 2. The van der Waals surface area contributed by atoms with Crippen molar-refractivity contribution < 1.29 is 0 Å². The van der Waals surface area contributed by atoms with Crippen LogP contribution in [-0.4, -0.2) is 39.9 Å². The fourth-order valence-electron chi connectivity index (χ4n) is 6.33. The molecule has 8 aromatic rings. The van der Waals surface area contributed by atoms with Crippen LogP contribution >= 0.6 is 0 Å². The lowest BCUT2D eigenvalue weighted by atomic mass is 10.1. The average Bonchev–Trinajstić information content (AvgIpc) is 3.79. The Bertz CT molecular complexity index is 2500. The van der Waals surface area contributed by atoms with Gasteiger partial charge in [-0.2, -0.15) is 0 Å². The molecule has 0 unspecified atom stereocenters. The third kappa shape index (κ3) is 3.33. The molecule has 8 nitrogen and oxygen atoms in total. The average molecular weight is 565 g/mol. The maximum atomic E-state index is 5.12. The molecule has 2 aliphatic rings. The summed E-state index contributed by atoms with van der Waals surface area (Å²) in [5, 5.41) is 6.06. The number of fused-ring (bicyclic) bond motifs is 21. The largest absolute Gasteiger partial charge is 0.324 e. The summed E-state index contributed by atoms with van der Waals surface area (Å²) in [6, 6.07) is 36.9.